The van der Waals surface area contributed by atoms with Crippen LogP contribution >= 0.6 is 12.6 Å². The zero-order chi connectivity index (χ0) is 13.7. The van der Waals surface area contributed by atoms with Crippen molar-refractivity contribution in [1.29, 1.82) is 0 Å². The number of carbonyl (C=O) groups excluding carboxylic acids is 1. The fourth-order valence-corrected chi connectivity index (χ4v) is 6.99. The fourth-order valence-electron chi connectivity index (χ4n) is 1.41. The quantitative estimate of drug-likeness (QED) is 0.407. The predicted molar refractivity (Wildman–Crippen MR) is 79.1 cm³/mol. The first-order chi connectivity index (χ1) is 7.99. The Bertz CT molecular complexity index is 171. The number of carboxylic acids is 1. The van der Waals surface area contributed by atoms with Gasteiger partial charge in [-0.2, -0.15) is 12.6 Å². The molecule has 0 aliphatic rings. The summed E-state index contributed by atoms with van der Waals surface area (Å²) in [6.45, 7) is 8.54. The number of carbonyl (C=O) groups is 1. The molecule has 0 rings (SSSR count). The van der Waals surface area contributed by atoms with E-state index in [-0.39, 0.29) is 0 Å². The maximum absolute atomic E-state index is 9.51. The molecule has 0 aromatic carbocycles. The molecular formula is C13H28O2SSn. The average Bonchev–Trinajstić information content (AvgIpc) is 2.30. The Hall–Kier alpha value is 0.619. The van der Waals surface area contributed by atoms with E-state index in [4.69, 9.17) is 0 Å². The van der Waals surface area contributed by atoms with E-state index in [2.05, 4.69) is 33.4 Å². The zero-order valence-electron chi connectivity index (χ0n) is 11.8. The van der Waals surface area contributed by atoms with E-state index < -0.39 is 31.0 Å². The third-order valence-electron chi connectivity index (χ3n) is 2.72. The van der Waals surface area contributed by atoms with Crippen LogP contribution < -0.4 is 5.11 Å². The number of aliphatic carboxylic acids is 1. The van der Waals surface area contributed by atoms with E-state index >= 15 is 0 Å². The minimum absolute atomic E-state index is 0.648. The molecule has 0 saturated heterocycles. The Morgan fingerprint density at radius 2 is 1.65 bits per heavy atom. The second-order valence-corrected chi connectivity index (χ2v) is 14.8. The van der Waals surface area contributed by atoms with Gasteiger partial charge in [0.05, 0.1) is 5.97 Å². The molecule has 0 N–H and O–H groups in total. The van der Waals surface area contributed by atoms with Gasteiger partial charge in [-0.25, -0.2) is 0 Å². The first-order valence-corrected chi connectivity index (χ1v) is 13.3. The molecule has 1 atom stereocenters. The molecule has 0 bridgehead atoms. The monoisotopic (exact) mass is 368 g/mol. The average molecular weight is 367 g/mol. The summed E-state index contributed by atoms with van der Waals surface area (Å²) in [7, 11) is 0. The van der Waals surface area contributed by atoms with Crippen LogP contribution in [-0.4, -0.2) is 31.0 Å². The summed E-state index contributed by atoms with van der Waals surface area (Å²) in [4.78, 5) is 9.51. The summed E-state index contributed by atoms with van der Waals surface area (Å²) in [6, 6.07) is 0. The Morgan fingerprint density at radius 1 is 1.18 bits per heavy atom. The van der Waals surface area contributed by atoms with Crippen LogP contribution in [0.4, 0.5) is 0 Å². The van der Waals surface area contributed by atoms with Gasteiger partial charge < -0.3 is 9.90 Å². The van der Waals surface area contributed by atoms with E-state index in [0.29, 0.717) is 0 Å². The molecule has 0 heterocycles. The summed E-state index contributed by atoms with van der Waals surface area (Å²) in [5, 5.41) is 8.86. The first kappa shape index (κ1) is 19.9. The van der Waals surface area contributed by atoms with E-state index in [1.807, 2.05) is 0 Å². The summed E-state index contributed by atoms with van der Waals surface area (Å²) in [6.07, 6.45) is 5.89. The van der Waals surface area contributed by atoms with Crippen molar-refractivity contribution in [3.05, 3.63) is 0 Å². The Kier molecular flexibility index (Phi) is 17.2. The SMILES string of the molecule is CC(S)C(=O)[O-].CCCCC[CH2][Sn+]([CH2]C)[CH2]C. The number of unbranched alkanes of at least 4 members (excludes halogenated alkanes) is 3. The molecule has 0 aromatic rings. The number of hydrogen-bond donors (Lipinski definition) is 1. The first-order valence-electron chi connectivity index (χ1n) is 6.71. The van der Waals surface area contributed by atoms with Crippen LogP contribution in [0.1, 0.15) is 53.4 Å². The van der Waals surface area contributed by atoms with Crippen LogP contribution in [0.3, 0.4) is 0 Å². The molecule has 0 aliphatic heterocycles. The Morgan fingerprint density at radius 3 is 1.94 bits per heavy atom. The fraction of sp³-hybridized carbons (Fsp3) is 0.923. The normalized spacial score (nSPS) is 11.4. The molecule has 0 aliphatic carbocycles. The molecular weight excluding hydrogens is 339 g/mol. The third kappa shape index (κ3) is 16.6. The second kappa shape index (κ2) is 14.7. The van der Waals surface area contributed by atoms with E-state index in [1.54, 1.807) is 19.7 Å². The van der Waals surface area contributed by atoms with Crippen LogP contribution in [0.5, 0.6) is 0 Å². The van der Waals surface area contributed by atoms with E-state index in [0.717, 1.165) is 0 Å². The summed E-state index contributed by atoms with van der Waals surface area (Å²) in [5.74, 6) is -1.13. The van der Waals surface area contributed by atoms with Crippen molar-refractivity contribution >= 4 is 38.4 Å². The molecule has 0 saturated carbocycles. The van der Waals surface area contributed by atoms with Gasteiger partial charge >= 0.3 is 79.5 Å². The zero-order valence-corrected chi connectivity index (χ0v) is 15.5. The van der Waals surface area contributed by atoms with Gasteiger partial charge in [0.25, 0.3) is 0 Å². The molecule has 0 spiro atoms. The summed E-state index contributed by atoms with van der Waals surface area (Å²) in [5.41, 5.74) is 0. The van der Waals surface area contributed by atoms with Crippen LogP contribution in [0.25, 0.3) is 0 Å². The second-order valence-electron chi connectivity index (χ2n) is 4.26. The van der Waals surface area contributed by atoms with Gasteiger partial charge in [-0.1, -0.05) is 0 Å². The molecule has 0 aromatic heterocycles. The molecule has 4 heteroatoms. The molecule has 17 heavy (non-hydrogen) atoms. The third-order valence-corrected chi connectivity index (χ3v) is 11.7. The molecule has 102 valence electrons. The van der Waals surface area contributed by atoms with Gasteiger partial charge in [-0.3, -0.25) is 0 Å². The topological polar surface area (TPSA) is 40.1 Å². The van der Waals surface area contributed by atoms with Crippen molar-refractivity contribution in [2.24, 2.45) is 0 Å². The van der Waals surface area contributed by atoms with Gasteiger partial charge in [0, 0.05) is 5.25 Å². The number of rotatable bonds is 8. The Labute approximate surface area is 120 Å². The van der Waals surface area contributed by atoms with Crippen LogP contribution in [0, 0.1) is 0 Å². The van der Waals surface area contributed by atoms with Crippen molar-refractivity contribution in [2.75, 3.05) is 0 Å². The maximum atomic E-state index is 9.51. The van der Waals surface area contributed by atoms with Gasteiger partial charge in [0.15, 0.2) is 0 Å². The van der Waals surface area contributed by atoms with Crippen molar-refractivity contribution in [3.63, 3.8) is 0 Å². The van der Waals surface area contributed by atoms with Crippen LogP contribution in [0.15, 0.2) is 0 Å². The van der Waals surface area contributed by atoms with Crippen molar-refractivity contribution in [3.8, 4) is 0 Å². The van der Waals surface area contributed by atoms with Gasteiger partial charge in [-0.15, -0.1) is 0 Å². The van der Waals surface area contributed by atoms with Crippen molar-refractivity contribution in [2.45, 2.75) is 71.9 Å². The van der Waals surface area contributed by atoms with Crippen molar-refractivity contribution in [1.82, 2.24) is 0 Å². The van der Waals surface area contributed by atoms with Crippen LogP contribution in [0.2, 0.25) is 13.3 Å². The van der Waals surface area contributed by atoms with E-state index in [9.17, 15) is 9.90 Å². The van der Waals surface area contributed by atoms with Crippen LogP contribution in [-0.2, 0) is 4.79 Å². The minimum atomic E-state index is -1.13. The molecule has 0 fully saturated rings. The number of carboxylic acid groups (broad SMARTS) is 1. The van der Waals surface area contributed by atoms with Crippen molar-refractivity contribution < 1.29 is 9.90 Å². The number of hydrogen-bond acceptors (Lipinski definition) is 3. The predicted octanol–water partition coefficient (Wildman–Crippen LogP) is 3.16. The standard InChI is InChI=1S/C6H13.C3H6O2S.2C2H5.Sn/c1-3-5-6-4-2;1-2(6)3(4)5;2*1-2;/h1,3-6H2,2H3;2,6H,1H3,(H,4,5);2*1H2,2H3;/q;;;;+1/p-1. The van der Waals surface area contributed by atoms with Gasteiger partial charge in [0.2, 0.25) is 0 Å². The summed E-state index contributed by atoms with van der Waals surface area (Å²) >= 11 is 2.78. The molecule has 2 nitrogen and oxygen atoms in total. The summed E-state index contributed by atoms with van der Waals surface area (Å²) < 4.78 is 4.81. The number of thiol groups is 1. The van der Waals surface area contributed by atoms with Gasteiger partial charge in [-0.05, 0) is 6.92 Å². The molecule has 1 unspecified atom stereocenters. The molecule has 0 radical (unpaired) electrons. The molecule has 0 amide bonds. The van der Waals surface area contributed by atoms with E-state index in [1.165, 1.54) is 26.2 Å². The van der Waals surface area contributed by atoms with Gasteiger partial charge in [0.1, 0.15) is 0 Å². The Balaban J connectivity index is 0.